The maximum absolute atomic E-state index is 12.6. The number of sulfonamides is 1. The second-order valence-electron chi connectivity index (χ2n) is 8.01. The number of hydrogen-bond acceptors (Lipinski definition) is 8. The monoisotopic (exact) mass is 602 g/mol. The summed E-state index contributed by atoms with van der Waals surface area (Å²) in [5.41, 5.74) is 2.55. The number of fused-ring (bicyclic) bond motifs is 1. The molecule has 0 bridgehead atoms. The van der Waals surface area contributed by atoms with E-state index in [1.165, 1.54) is 18.2 Å². The van der Waals surface area contributed by atoms with Crippen LogP contribution in [0.3, 0.4) is 0 Å². The zero-order valence-electron chi connectivity index (χ0n) is 20.8. The van der Waals surface area contributed by atoms with Crippen LogP contribution in [-0.2, 0) is 32.6 Å². The summed E-state index contributed by atoms with van der Waals surface area (Å²) in [4.78, 5) is 20.7. The second-order valence-corrected chi connectivity index (χ2v) is 10.7. The highest BCUT2D eigenvalue weighted by atomic mass is 79.9. The lowest BCUT2D eigenvalue weighted by molar-refractivity contribution is -0.159. The molecule has 0 aliphatic carbocycles. The Bertz CT molecular complexity index is 1190. The molecule has 3 rings (SSSR count). The third-order valence-corrected chi connectivity index (χ3v) is 7.56. The molecule has 0 amide bonds. The summed E-state index contributed by atoms with van der Waals surface area (Å²) in [6.07, 6.45) is 2.62. The number of rotatable bonds is 10. The molecule has 2 aromatic carbocycles. The van der Waals surface area contributed by atoms with Gasteiger partial charge in [-0.2, -0.15) is 0 Å². The first-order chi connectivity index (χ1) is 17.5. The molecule has 0 atom stereocenters. The van der Waals surface area contributed by atoms with Crippen LogP contribution in [0.2, 0.25) is 0 Å². The number of carboxylic acid groups (broad SMARTS) is 2. The highest BCUT2D eigenvalue weighted by Gasteiger charge is 2.21. The van der Waals surface area contributed by atoms with E-state index in [4.69, 9.17) is 34.0 Å². The summed E-state index contributed by atoms with van der Waals surface area (Å²) in [5.74, 6) is -1.80. The van der Waals surface area contributed by atoms with Gasteiger partial charge in [-0.3, -0.25) is 4.90 Å². The van der Waals surface area contributed by atoms with E-state index in [9.17, 15) is 8.42 Å². The molecule has 2 aromatic rings. The van der Waals surface area contributed by atoms with Crippen LogP contribution in [0.4, 0.5) is 0 Å². The van der Waals surface area contributed by atoms with Gasteiger partial charge < -0.3 is 24.4 Å². The number of carbonyl (C=O) groups is 2. The maximum atomic E-state index is 12.6. The smallest absolute Gasteiger partial charge is 0.414 e. The molecule has 11 nitrogen and oxygen atoms in total. The third-order valence-electron chi connectivity index (χ3n) is 5.59. The van der Waals surface area contributed by atoms with Gasteiger partial charge in [-0.15, -0.1) is 0 Å². The summed E-state index contributed by atoms with van der Waals surface area (Å²) in [5, 5.41) is 14.8. The van der Waals surface area contributed by atoms with E-state index in [-0.39, 0.29) is 4.90 Å². The quantitative estimate of drug-likeness (QED) is 0.273. The van der Waals surface area contributed by atoms with Gasteiger partial charge in [-0.25, -0.2) is 22.7 Å². The Morgan fingerprint density at radius 1 is 0.946 bits per heavy atom. The van der Waals surface area contributed by atoms with E-state index < -0.39 is 22.0 Å². The average molecular weight is 603 g/mol. The van der Waals surface area contributed by atoms with Crippen LogP contribution in [0, 0.1) is 0 Å². The number of carboxylic acids is 2. The molecular weight excluding hydrogens is 572 g/mol. The van der Waals surface area contributed by atoms with Gasteiger partial charge in [-0.05, 0) is 67.3 Å². The maximum Gasteiger partial charge on any atom is 0.414 e. The Morgan fingerprint density at radius 2 is 1.54 bits per heavy atom. The number of aliphatic carboxylic acids is 2. The van der Waals surface area contributed by atoms with Crippen LogP contribution in [-0.4, -0.2) is 76.4 Å². The Hall–Kier alpha value is -2.87. The number of hydrogen-bond donors (Lipinski definition) is 3. The summed E-state index contributed by atoms with van der Waals surface area (Å²) < 4.78 is 44.6. The Balaban J connectivity index is 0.000000717. The van der Waals surface area contributed by atoms with Crippen molar-refractivity contribution in [3.63, 3.8) is 0 Å². The molecule has 1 aliphatic heterocycles. The Kier molecular flexibility index (Phi) is 11.6. The van der Waals surface area contributed by atoms with Crippen molar-refractivity contribution in [3.8, 4) is 17.2 Å². The number of nitrogens with zero attached hydrogens (tertiary/aromatic N) is 1. The van der Waals surface area contributed by atoms with Crippen LogP contribution < -0.4 is 18.9 Å². The number of unbranched alkanes of at least 4 members (excludes halogenated alkanes) is 1. The van der Waals surface area contributed by atoms with Crippen LogP contribution in [0.25, 0.3) is 0 Å². The van der Waals surface area contributed by atoms with Gasteiger partial charge in [0.1, 0.15) is 10.6 Å². The molecule has 13 heteroatoms. The zero-order chi connectivity index (χ0) is 27.6. The van der Waals surface area contributed by atoms with E-state index in [0.29, 0.717) is 16.8 Å². The molecule has 1 aliphatic rings. The first kappa shape index (κ1) is 30.4. The molecule has 0 saturated heterocycles. The molecule has 3 N–H and O–H groups in total. The normalized spacial score (nSPS) is 13.1. The number of halogens is 1. The van der Waals surface area contributed by atoms with Crippen molar-refractivity contribution < 1.29 is 42.4 Å². The van der Waals surface area contributed by atoms with E-state index in [2.05, 4.69) is 37.7 Å². The van der Waals surface area contributed by atoms with E-state index in [1.54, 1.807) is 32.4 Å². The minimum Gasteiger partial charge on any atom is -0.495 e. The molecule has 204 valence electrons. The lowest BCUT2D eigenvalue weighted by Gasteiger charge is -2.29. The van der Waals surface area contributed by atoms with Crippen molar-refractivity contribution in [2.24, 2.45) is 0 Å². The summed E-state index contributed by atoms with van der Waals surface area (Å²) in [6, 6.07) is 9.06. The fourth-order valence-corrected chi connectivity index (χ4v) is 5.52. The van der Waals surface area contributed by atoms with Gasteiger partial charge in [0.25, 0.3) is 0 Å². The fourth-order valence-electron chi connectivity index (χ4n) is 3.74. The van der Waals surface area contributed by atoms with Gasteiger partial charge >= 0.3 is 11.9 Å². The van der Waals surface area contributed by atoms with E-state index >= 15 is 0 Å². The highest BCUT2D eigenvalue weighted by molar-refractivity contribution is 9.10. The van der Waals surface area contributed by atoms with Crippen LogP contribution in [0.1, 0.15) is 24.0 Å². The average Bonchev–Trinajstić information content (AvgIpc) is 2.87. The molecule has 0 aromatic heterocycles. The van der Waals surface area contributed by atoms with Gasteiger partial charge in [-0.1, -0.05) is 15.9 Å². The number of benzene rings is 2. The predicted octanol–water partition coefficient (Wildman–Crippen LogP) is 2.75. The number of nitrogens with one attached hydrogen (secondary N) is 1. The number of methoxy groups -OCH3 is 3. The van der Waals surface area contributed by atoms with Crippen molar-refractivity contribution in [2.45, 2.75) is 30.7 Å². The van der Waals surface area contributed by atoms with Crippen molar-refractivity contribution in [1.82, 2.24) is 9.62 Å². The van der Waals surface area contributed by atoms with Gasteiger partial charge in [0, 0.05) is 24.1 Å². The van der Waals surface area contributed by atoms with Crippen LogP contribution in [0.5, 0.6) is 17.2 Å². The summed E-state index contributed by atoms with van der Waals surface area (Å²) in [7, 11) is 1.13. The zero-order valence-corrected chi connectivity index (χ0v) is 23.2. The fraction of sp³-hybridized carbons (Fsp3) is 0.417. The summed E-state index contributed by atoms with van der Waals surface area (Å²) >= 11 is 3.32. The van der Waals surface area contributed by atoms with Gasteiger partial charge in [0.2, 0.25) is 10.0 Å². The molecule has 0 saturated carbocycles. The first-order valence-electron chi connectivity index (χ1n) is 11.3. The van der Waals surface area contributed by atoms with E-state index in [1.807, 2.05) is 0 Å². The highest BCUT2D eigenvalue weighted by Crippen LogP contribution is 2.33. The molecule has 1 heterocycles. The largest absolute Gasteiger partial charge is 0.495 e. The van der Waals surface area contributed by atoms with Crippen molar-refractivity contribution in [3.05, 3.63) is 45.9 Å². The minimum absolute atomic E-state index is 0.140. The molecular formula is C24H31BrN2O9S. The van der Waals surface area contributed by atoms with Gasteiger partial charge in [0.05, 0.1) is 21.3 Å². The lowest BCUT2D eigenvalue weighted by Crippen LogP contribution is -2.32. The molecule has 0 unspecified atom stereocenters. The third kappa shape index (κ3) is 8.88. The standard InChI is InChI=1S/C22H29BrN2O5S.C2H2O4/c1-28-19-7-6-18(23)14-22(19)31(26,27)24-9-4-5-10-25-11-8-16-12-20(29-2)21(30-3)13-17(16)15-25;3-1(4)2(5)6/h6-7,12-14,24H,4-5,8-11,15H2,1-3H3;(H,3,4)(H,5,6). The first-order valence-corrected chi connectivity index (χ1v) is 13.6. The molecule has 37 heavy (non-hydrogen) atoms. The minimum atomic E-state index is -3.63. The Morgan fingerprint density at radius 3 is 2.11 bits per heavy atom. The predicted molar refractivity (Wildman–Crippen MR) is 139 cm³/mol. The topological polar surface area (TPSA) is 152 Å². The molecule has 0 fully saturated rings. The molecule has 0 spiro atoms. The Labute approximate surface area is 224 Å². The summed E-state index contributed by atoms with van der Waals surface area (Å²) in [6.45, 7) is 3.13. The lowest BCUT2D eigenvalue weighted by atomic mass is 9.98. The van der Waals surface area contributed by atoms with Crippen molar-refractivity contribution >= 4 is 37.9 Å². The van der Waals surface area contributed by atoms with Crippen molar-refractivity contribution in [2.75, 3.05) is 41.0 Å². The molecule has 0 radical (unpaired) electrons. The second kappa shape index (κ2) is 14.2. The number of ether oxygens (including phenoxy) is 3. The van der Waals surface area contributed by atoms with Gasteiger partial charge in [0.15, 0.2) is 11.5 Å². The van der Waals surface area contributed by atoms with Crippen molar-refractivity contribution in [1.29, 1.82) is 0 Å². The van der Waals surface area contributed by atoms with E-state index in [0.717, 1.165) is 50.4 Å². The SMILES string of the molecule is COc1cc2c(cc1OC)CN(CCCCNS(=O)(=O)c1cc(Br)ccc1OC)CC2.O=C(O)C(=O)O. The van der Waals surface area contributed by atoms with Crippen LogP contribution in [0.15, 0.2) is 39.7 Å². The van der Waals surface area contributed by atoms with Crippen LogP contribution >= 0.6 is 15.9 Å².